The minimum atomic E-state index is -0.353. The van der Waals surface area contributed by atoms with E-state index < -0.39 is 0 Å². The highest BCUT2D eigenvalue weighted by molar-refractivity contribution is 7.09. The third-order valence-electron chi connectivity index (χ3n) is 1.08. The molecule has 1 rings (SSSR count). The van der Waals surface area contributed by atoms with Crippen molar-refractivity contribution in [2.45, 2.75) is 6.42 Å². The summed E-state index contributed by atoms with van der Waals surface area (Å²) in [5.41, 5.74) is 4.92. The topological polar surface area (TPSA) is 43.1 Å². The van der Waals surface area contributed by atoms with E-state index >= 15 is 0 Å². The van der Waals surface area contributed by atoms with Crippen molar-refractivity contribution in [3.05, 3.63) is 28.8 Å². The fourth-order valence-corrected chi connectivity index (χ4v) is 1.30. The smallest absolute Gasteiger partial charge is 0.221 e. The zero-order chi connectivity index (χ0) is 7.40. The summed E-state index contributed by atoms with van der Waals surface area (Å²) in [4.78, 5) is 11.4. The first-order valence-corrected chi connectivity index (χ1v) is 3.82. The van der Waals surface area contributed by atoms with Gasteiger partial charge in [-0.05, 0) is 17.9 Å². The molecule has 53 valence electrons. The molecule has 0 unspecified atom stereocenters. The van der Waals surface area contributed by atoms with Gasteiger partial charge in [-0.3, -0.25) is 4.79 Å². The minimum Gasteiger partial charge on any atom is -0.369 e. The van der Waals surface area contributed by atoms with Crippen molar-refractivity contribution >= 4 is 17.2 Å². The van der Waals surface area contributed by atoms with Crippen LogP contribution in [-0.4, -0.2) is 5.91 Å². The van der Waals surface area contributed by atoms with Crippen molar-refractivity contribution in [2.24, 2.45) is 5.73 Å². The van der Waals surface area contributed by atoms with E-state index in [-0.39, 0.29) is 5.91 Å². The van der Waals surface area contributed by atoms with E-state index in [1.54, 1.807) is 11.3 Å². The average molecular weight is 154 g/mol. The Morgan fingerprint density at radius 3 is 3.10 bits per heavy atom. The van der Waals surface area contributed by atoms with E-state index in [0.717, 1.165) is 0 Å². The van der Waals surface area contributed by atoms with Crippen molar-refractivity contribution in [2.75, 3.05) is 0 Å². The lowest BCUT2D eigenvalue weighted by molar-refractivity contribution is -0.114. The second kappa shape index (κ2) is 3.37. The largest absolute Gasteiger partial charge is 0.369 e. The Morgan fingerprint density at radius 1 is 1.80 bits per heavy atom. The van der Waals surface area contributed by atoms with Crippen LogP contribution < -0.4 is 5.73 Å². The van der Waals surface area contributed by atoms with E-state index in [4.69, 9.17) is 5.73 Å². The molecule has 0 atom stereocenters. The molecular weight excluding hydrogens is 146 g/mol. The van der Waals surface area contributed by atoms with Crippen molar-refractivity contribution in [3.63, 3.8) is 0 Å². The second-order valence-corrected chi connectivity index (χ2v) is 2.92. The monoisotopic (exact) mass is 154 g/mol. The molecular formula is C7H8NOS. The first kappa shape index (κ1) is 7.28. The van der Waals surface area contributed by atoms with Gasteiger partial charge in [0.2, 0.25) is 5.91 Å². The van der Waals surface area contributed by atoms with Gasteiger partial charge in [-0.25, -0.2) is 0 Å². The molecule has 0 fully saturated rings. The zero-order valence-corrected chi connectivity index (χ0v) is 6.23. The zero-order valence-electron chi connectivity index (χ0n) is 5.41. The molecule has 1 heterocycles. The van der Waals surface area contributed by atoms with Crippen molar-refractivity contribution in [1.29, 1.82) is 0 Å². The maximum absolute atomic E-state index is 10.3. The molecule has 0 bridgehead atoms. The summed E-state index contributed by atoms with van der Waals surface area (Å²) >= 11 is 1.63. The van der Waals surface area contributed by atoms with Gasteiger partial charge >= 0.3 is 0 Å². The minimum absolute atomic E-state index is 0.353. The summed E-state index contributed by atoms with van der Waals surface area (Å²) < 4.78 is 0. The highest BCUT2D eigenvalue weighted by Gasteiger charge is 1.96. The van der Waals surface area contributed by atoms with Gasteiger partial charge in [-0.2, -0.15) is 0 Å². The van der Waals surface area contributed by atoms with Gasteiger partial charge in [-0.1, -0.05) is 6.07 Å². The molecule has 1 radical (unpaired) electrons. The lowest BCUT2D eigenvalue weighted by Gasteiger charge is -1.89. The number of hydrogen-bond donors (Lipinski definition) is 1. The molecule has 3 heteroatoms. The van der Waals surface area contributed by atoms with Crippen molar-refractivity contribution in [1.82, 2.24) is 0 Å². The van der Waals surface area contributed by atoms with Gasteiger partial charge in [0, 0.05) is 4.88 Å². The summed E-state index contributed by atoms with van der Waals surface area (Å²) in [5, 5.41) is 1.98. The normalized spacial score (nSPS) is 9.60. The number of amides is 1. The van der Waals surface area contributed by atoms with E-state index in [1.807, 2.05) is 17.5 Å². The summed E-state index contributed by atoms with van der Waals surface area (Å²) in [7, 11) is 0. The van der Waals surface area contributed by atoms with Crippen LogP contribution in [0.1, 0.15) is 4.88 Å². The van der Waals surface area contributed by atoms with Crippen LogP contribution in [0.3, 0.4) is 0 Å². The first-order chi connectivity index (χ1) is 4.79. The molecule has 2 N–H and O–H groups in total. The van der Waals surface area contributed by atoms with Crippen LogP contribution in [0.2, 0.25) is 0 Å². The number of carbonyl (C=O) groups excluding carboxylic acids is 1. The quantitative estimate of drug-likeness (QED) is 0.693. The van der Waals surface area contributed by atoms with Crippen LogP contribution in [0, 0.1) is 6.42 Å². The third kappa shape index (κ3) is 2.19. The fraction of sp³-hybridized carbons (Fsp3) is 0.143. The number of thiophene rings is 1. The number of nitrogens with two attached hydrogens (primary N) is 1. The standard InChI is InChI=1S/C7H8NOS/c8-7(9)4-3-6-2-1-5-10-6/h1-2,4-5H,3H2,(H2,8,9). The number of primary amides is 1. The van der Waals surface area contributed by atoms with Crippen LogP contribution in [0.15, 0.2) is 17.5 Å². The lowest BCUT2D eigenvalue weighted by Crippen LogP contribution is -2.11. The van der Waals surface area contributed by atoms with Crippen LogP contribution >= 0.6 is 11.3 Å². The van der Waals surface area contributed by atoms with Gasteiger partial charge in [0.05, 0.1) is 6.42 Å². The maximum atomic E-state index is 10.3. The molecule has 0 saturated heterocycles. The SMILES string of the molecule is NC(=O)[CH]Cc1cccs1. The highest BCUT2D eigenvalue weighted by Crippen LogP contribution is 2.09. The van der Waals surface area contributed by atoms with E-state index in [0.29, 0.717) is 6.42 Å². The van der Waals surface area contributed by atoms with E-state index in [9.17, 15) is 4.79 Å². The molecule has 1 aromatic heterocycles. The van der Waals surface area contributed by atoms with Gasteiger partial charge in [0.25, 0.3) is 0 Å². The number of rotatable bonds is 3. The number of hydrogen-bond acceptors (Lipinski definition) is 2. The summed E-state index contributed by atoms with van der Waals surface area (Å²) in [6, 6.07) is 3.93. The molecule has 2 nitrogen and oxygen atoms in total. The van der Waals surface area contributed by atoms with Crippen molar-refractivity contribution < 1.29 is 4.79 Å². The molecule has 0 spiro atoms. The van der Waals surface area contributed by atoms with Crippen LogP contribution in [0.25, 0.3) is 0 Å². The molecule has 0 aromatic carbocycles. The predicted molar refractivity (Wildman–Crippen MR) is 41.5 cm³/mol. The molecule has 0 saturated carbocycles. The Bertz CT molecular complexity index is 205. The Balaban J connectivity index is 2.35. The van der Waals surface area contributed by atoms with Gasteiger partial charge in [-0.15, -0.1) is 11.3 Å². The summed E-state index contributed by atoms with van der Waals surface area (Å²) in [5.74, 6) is -0.353. The Kier molecular flexibility index (Phi) is 2.45. The van der Waals surface area contributed by atoms with Gasteiger partial charge in [0.15, 0.2) is 0 Å². The van der Waals surface area contributed by atoms with Crippen LogP contribution in [-0.2, 0) is 11.2 Å². The fourth-order valence-electron chi connectivity index (χ4n) is 0.630. The second-order valence-electron chi connectivity index (χ2n) is 1.89. The Labute approximate surface area is 63.7 Å². The molecule has 0 aliphatic heterocycles. The summed E-state index contributed by atoms with van der Waals surface area (Å²) in [6.07, 6.45) is 2.14. The molecule has 0 aliphatic carbocycles. The van der Waals surface area contributed by atoms with Gasteiger partial charge in [0.1, 0.15) is 0 Å². The third-order valence-corrected chi connectivity index (χ3v) is 1.98. The Morgan fingerprint density at radius 2 is 2.60 bits per heavy atom. The maximum Gasteiger partial charge on any atom is 0.221 e. The average Bonchev–Trinajstić information content (AvgIpc) is 2.34. The first-order valence-electron chi connectivity index (χ1n) is 2.94. The molecule has 0 aliphatic rings. The molecule has 1 amide bonds. The highest BCUT2D eigenvalue weighted by atomic mass is 32.1. The van der Waals surface area contributed by atoms with Crippen LogP contribution in [0.4, 0.5) is 0 Å². The number of carbonyl (C=O) groups is 1. The van der Waals surface area contributed by atoms with Crippen molar-refractivity contribution in [3.8, 4) is 0 Å². The molecule has 1 aromatic rings. The molecule has 10 heavy (non-hydrogen) atoms. The van der Waals surface area contributed by atoms with Crippen LogP contribution in [0.5, 0.6) is 0 Å². The predicted octanol–water partition coefficient (Wildman–Crippen LogP) is 0.980. The summed E-state index contributed by atoms with van der Waals surface area (Å²) in [6.45, 7) is 0. The van der Waals surface area contributed by atoms with E-state index in [1.165, 1.54) is 11.3 Å². The Hall–Kier alpha value is -0.830. The van der Waals surface area contributed by atoms with Gasteiger partial charge < -0.3 is 5.73 Å². The van der Waals surface area contributed by atoms with E-state index in [2.05, 4.69) is 0 Å². The lowest BCUT2D eigenvalue weighted by atomic mass is 10.2.